The van der Waals surface area contributed by atoms with Gasteiger partial charge in [0.1, 0.15) is 0 Å². The maximum Gasteiger partial charge on any atom is 0.241 e. The molecule has 5 heteroatoms. The molecule has 4 nitrogen and oxygen atoms in total. The number of carbonyl (C=O) groups excluding carboxylic acids is 1. The second-order valence-electron chi connectivity index (χ2n) is 4.76. The van der Waals surface area contributed by atoms with E-state index in [2.05, 4.69) is 5.32 Å². The summed E-state index contributed by atoms with van der Waals surface area (Å²) in [6, 6.07) is 6.86. The number of halogens is 1. The predicted octanol–water partition coefficient (Wildman–Crippen LogP) is 2.37. The first kappa shape index (κ1) is 16.0. The molecule has 2 atom stereocenters. The minimum atomic E-state index is -0.360. The van der Waals surface area contributed by atoms with Gasteiger partial charge in [-0.25, -0.2) is 0 Å². The number of hydrogen-bond donors (Lipinski definition) is 2. The van der Waals surface area contributed by atoms with E-state index in [0.29, 0.717) is 23.7 Å². The van der Waals surface area contributed by atoms with Crippen LogP contribution < -0.4 is 5.32 Å². The Balaban J connectivity index is 2.55. The van der Waals surface area contributed by atoms with Crippen molar-refractivity contribution < 1.29 is 9.90 Å². The third kappa shape index (κ3) is 5.19. The number of rotatable bonds is 6. The molecule has 2 unspecified atom stereocenters. The Kier molecular flexibility index (Phi) is 6.28. The first-order chi connectivity index (χ1) is 8.91. The Morgan fingerprint density at radius 3 is 2.63 bits per heavy atom. The minimum Gasteiger partial charge on any atom is -0.393 e. The van der Waals surface area contributed by atoms with Gasteiger partial charge in [-0.05, 0) is 39.4 Å². The van der Waals surface area contributed by atoms with Crippen LogP contribution in [0, 0.1) is 0 Å². The quantitative estimate of drug-likeness (QED) is 0.843. The van der Waals surface area contributed by atoms with Crippen LogP contribution in [0.2, 0.25) is 5.02 Å². The molecule has 0 fully saturated rings. The number of nitrogens with one attached hydrogen (secondary N) is 1. The molecule has 0 saturated heterocycles. The van der Waals surface area contributed by atoms with E-state index in [1.165, 1.54) is 0 Å². The van der Waals surface area contributed by atoms with E-state index in [4.69, 9.17) is 11.6 Å². The molecular formula is C14H21ClN2O2. The SMILES string of the molecule is CC(O)CCN(C)C(C)C(=O)Nc1ccccc1Cl. The average molecular weight is 285 g/mol. The van der Waals surface area contributed by atoms with E-state index < -0.39 is 0 Å². The van der Waals surface area contributed by atoms with E-state index in [9.17, 15) is 9.90 Å². The van der Waals surface area contributed by atoms with Crippen molar-refractivity contribution in [3.8, 4) is 0 Å². The zero-order valence-electron chi connectivity index (χ0n) is 11.6. The number of anilines is 1. The molecule has 0 aliphatic rings. The maximum absolute atomic E-state index is 12.1. The molecule has 0 aromatic heterocycles. The maximum atomic E-state index is 12.1. The molecule has 1 rings (SSSR count). The van der Waals surface area contributed by atoms with Crippen LogP contribution in [0.25, 0.3) is 0 Å². The van der Waals surface area contributed by atoms with E-state index in [1.54, 1.807) is 19.1 Å². The van der Waals surface area contributed by atoms with Crippen molar-refractivity contribution in [1.82, 2.24) is 4.90 Å². The molecule has 0 radical (unpaired) electrons. The summed E-state index contributed by atoms with van der Waals surface area (Å²) in [4.78, 5) is 14.0. The Bertz CT molecular complexity index is 424. The first-order valence-electron chi connectivity index (χ1n) is 6.35. The summed E-state index contributed by atoms with van der Waals surface area (Å²) in [6.45, 7) is 4.23. The van der Waals surface area contributed by atoms with Gasteiger partial charge in [0.25, 0.3) is 0 Å². The second-order valence-corrected chi connectivity index (χ2v) is 5.17. The monoisotopic (exact) mass is 284 g/mol. The lowest BCUT2D eigenvalue weighted by molar-refractivity contribution is -0.120. The minimum absolute atomic E-state index is 0.110. The average Bonchev–Trinajstić information content (AvgIpc) is 2.37. The lowest BCUT2D eigenvalue weighted by Gasteiger charge is -2.24. The highest BCUT2D eigenvalue weighted by molar-refractivity contribution is 6.33. The van der Waals surface area contributed by atoms with Gasteiger partial charge < -0.3 is 10.4 Å². The molecule has 1 aromatic rings. The van der Waals surface area contributed by atoms with Crippen LogP contribution in [0.4, 0.5) is 5.69 Å². The summed E-state index contributed by atoms with van der Waals surface area (Å²) in [5.74, 6) is -0.110. The Morgan fingerprint density at radius 2 is 2.05 bits per heavy atom. The zero-order valence-corrected chi connectivity index (χ0v) is 12.3. The van der Waals surface area contributed by atoms with Crippen LogP contribution >= 0.6 is 11.6 Å². The summed E-state index contributed by atoms with van der Waals surface area (Å²) < 4.78 is 0. The molecule has 0 aliphatic heterocycles. The van der Waals surface area contributed by atoms with Gasteiger partial charge in [0, 0.05) is 6.54 Å². The molecule has 0 aliphatic carbocycles. The van der Waals surface area contributed by atoms with E-state index in [-0.39, 0.29) is 18.1 Å². The number of amides is 1. The fourth-order valence-electron chi connectivity index (χ4n) is 1.58. The number of carbonyl (C=O) groups is 1. The summed E-state index contributed by atoms with van der Waals surface area (Å²) in [5.41, 5.74) is 0.616. The number of nitrogens with zero attached hydrogens (tertiary/aromatic N) is 1. The van der Waals surface area contributed by atoms with E-state index in [1.807, 2.05) is 31.0 Å². The highest BCUT2D eigenvalue weighted by Crippen LogP contribution is 2.20. The fraction of sp³-hybridized carbons (Fsp3) is 0.500. The second kappa shape index (κ2) is 7.48. The Hall–Kier alpha value is -1.10. The fourth-order valence-corrected chi connectivity index (χ4v) is 1.77. The Labute approximate surface area is 119 Å². The number of aliphatic hydroxyl groups excluding tert-OH is 1. The normalized spacial score (nSPS) is 14.2. The van der Waals surface area contributed by atoms with Crippen LogP contribution in [0.3, 0.4) is 0 Å². The van der Waals surface area contributed by atoms with Crippen LogP contribution in [-0.4, -0.2) is 41.7 Å². The summed E-state index contributed by atoms with van der Waals surface area (Å²) >= 11 is 5.99. The van der Waals surface area contributed by atoms with Gasteiger partial charge in [-0.3, -0.25) is 9.69 Å². The standard InChI is InChI=1S/C14H21ClN2O2/c1-10(18)8-9-17(3)11(2)14(19)16-13-7-5-4-6-12(13)15/h4-7,10-11,18H,8-9H2,1-3H3,(H,16,19). The molecule has 106 valence electrons. The van der Waals surface area contributed by atoms with Gasteiger partial charge in [-0.15, -0.1) is 0 Å². The lowest BCUT2D eigenvalue weighted by atomic mass is 10.2. The summed E-state index contributed by atoms with van der Waals surface area (Å²) in [5, 5.41) is 12.6. The van der Waals surface area contributed by atoms with Crippen LogP contribution in [0.15, 0.2) is 24.3 Å². The van der Waals surface area contributed by atoms with Crippen molar-refractivity contribution in [2.45, 2.75) is 32.4 Å². The molecule has 0 bridgehead atoms. The van der Waals surface area contributed by atoms with Crippen molar-refractivity contribution >= 4 is 23.2 Å². The smallest absolute Gasteiger partial charge is 0.241 e. The van der Waals surface area contributed by atoms with Gasteiger partial charge >= 0.3 is 0 Å². The van der Waals surface area contributed by atoms with Crippen LogP contribution in [0.5, 0.6) is 0 Å². The van der Waals surface area contributed by atoms with Gasteiger partial charge in [0.2, 0.25) is 5.91 Å². The highest BCUT2D eigenvalue weighted by atomic mass is 35.5. The molecular weight excluding hydrogens is 264 g/mol. The van der Waals surface area contributed by atoms with Crippen LogP contribution in [-0.2, 0) is 4.79 Å². The molecule has 1 amide bonds. The molecule has 0 spiro atoms. The lowest BCUT2D eigenvalue weighted by Crippen LogP contribution is -2.40. The van der Waals surface area contributed by atoms with Gasteiger partial charge in [-0.2, -0.15) is 0 Å². The third-order valence-electron chi connectivity index (χ3n) is 3.07. The summed E-state index contributed by atoms with van der Waals surface area (Å²) in [7, 11) is 1.86. The number of para-hydroxylation sites is 1. The van der Waals surface area contributed by atoms with Crippen molar-refractivity contribution in [1.29, 1.82) is 0 Å². The van der Waals surface area contributed by atoms with Crippen molar-refractivity contribution in [2.24, 2.45) is 0 Å². The van der Waals surface area contributed by atoms with Crippen molar-refractivity contribution in [3.05, 3.63) is 29.3 Å². The Morgan fingerprint density at radius 1 is 1.42 bits per heavy atom. The summed E-state index contributed by atoms with van der Waals surface area (Å²) in [6.07, 6.45) is 0.279. The first-order valence-corrected chi connectivity index (χ1v) is 6.73. The molecule has 2 N–H and O–H groups in total. The molecule has 19 heavy (non-hydrogen) atoms. The number of likely N-dealkylation sites (N-methyl/N-ethyl adjacent to an activating group) is 1. The van der Waals surface area contributed by atoms with E-state index in [0.717, 1.165) is 0 Å². The van der Waals surface area contributed by atoms with Gasteiger partial charge in [0.05, 0.1) is 22.9 Å². The number of benzene rings is 1. The largest absolute Gasteiger partial charge is 0.393 e. The van der Waals surface area contributed by atoms with Crippen molar-refractivity contribution in [2.75, 3.05) is 18.9 Å². The zero-order chi connectivity index (χ0) is 14.4. The van der Waals surface area contributed by atoms with E-state index >= 15 is 0 Å². The third-order valence-corrected chi connectivity index (χ3v) is 3.40. The molecule has 0 saturated carbocycles. The van der Waals surface area contributed by atoms with Gasteiger partial charge in [0.15, 0.2) is 0 Å². The number of hydrogen-bond acceptors (Lipinski definition) is 3. The molecule has 1 aromatic carbocycles. The predicted molar refractivity (Wildman–Crippen MR) is 78.5 cm³/mol. The van der Waals surface area contributed by atoms with Crippen molar-refractivity contribution in [3.63, 3.8) is 0 Å². The number of aliphatic hydroxyl groups is 1. The van der Waals surface area contributed by atoms with Gasteiger partial charge in [-0.1, -0.05) is 23.7 Å². The van der Waals surface area contributed by atoms with Crippen LogP contribution in [0.1, 0.15) is 20.3 Å². The molecule has 0 heterocycles. The highest BCUT2D eigenvalue weighted by Gasteiger charge is 2.18. The topological polar surface area (TPSA) is 52.6 Å².